The van der Waals surface area contributed by atoms with Crippen LogP contribution >= 0.6 is 0 Å². The first-order valence-electron chi connectivity index (χ1n) is 7.24. The Balaban J connectivity index is 2.02. The maximum Gasteiger partial charge on any atom is 0.249 e. The molecule has 23 heavy (non-hydrogen) atoms. The van der Waals surface area contributed by atoms with Crippen LogP contribution in [0.4, 0.5) is 10.1 Å². The maximum atomic E-state index is 13.8. The van der Waals surface area contributed by atoms with Crippen LogP contribution in [-0.2, 0) is 14.4 Å². The first-order valence-corrected chi connectivity index (χ1v) is 7.24. The van der Waals surface area contributed by atoms with Crippen molar-refractivity contribution in [3.63, 3.8) is 0 Å². The number of benzene rings is 1. The highest BCUT2D eigenvalue weighted by Crippen LogP contribution is 2.26. The van der Waals surface area contributed by atoms with Crippen LogP contribution in [0.5, 0.6) is 0 Å². The third kappa shape index (κ3) is 3.65. The number of carbonyl (C=O) groups is 3. The fourth-order valence-electron chi connectivity index (χ4n) is 2.48. The summed E-state index contributed by atoms with van der Waals surface area (Å²) in [7, 11) is 1.49. The zero-order chi connectivity index (χ0) is 17.0. The minimum atomic E-state index is -0.670. The summed E-state index contributed by atoms with van der Waals surface area (Å²) in [5.41, 5.74) is 5.35. The summed E-state index contributed by atoms with van der Waals surface area (Å²) in [6.07, 6.45) is 0.403. The van der Waals surface area contributed by atoms with E-state index in [1.807, 2.05) is 0 Å². The van der Waals surface area contributed by atoms with Gasteiger partial charge >= 0.3 is 0 Å². The average molecular weight is 322 g/mol. The average Bonchev–Trinajstić information content (AvgIpc) is 2.93. The van der Waals surface area contributed by atoms with Crippen LogP contribution in [0.1, 0.15) is 6.42 Å². The molecule has 1 unspecified atom stereocenters. The van der Waals surface area contributed by atoms with E-state index in [0.29, 0.717) is 13.0 Å². The number of nitrogens with two attached hydrogens (primary N) is 1. The van der Waals surface area contributed by atoms with Crippen molar-refractivity contribution in [2.45, 2.75) is 12.5 Å². The molecule has 1 aliphatic rings. The van der Waals surface area contributed by atoms with Gasteiger partial charge in [0.1, 0.15) is 11.9 Å². The van der Waals surface area contributed by atoms with Gasteiger partial charge in [-0.2, -0.15) is 0 Å². The second kappa shape index (κ2) is 7.19. The molecule has 0 radical (unpaired) electrons. The van der Waals surface area contributed by atoms with E-state index in [1.54, 1.807) is 12.1 Å². The molecular formula is C15H19FN4O3. The normalized spacial score (nSPS) is 17.3. The van der Waals surface area contributed by atoms with Gasteiger partial charge in [-0.3, -0.25) is 14.4 Å². The number of amides is 3. The van der Waals surface area contributed by atoms with Crippen LogP contribution < -0.4 is 16.0 Å². The molecule has 1 saturated heterocycles. The monoisotopic (exact) mass is 322 g/mol. The number of halogens is 1. The van der Waals surface area contributed by atoms with Crippen LogP contribution in [0.15, 0.2) is 24.3 Å². The second-order valence-electron chi connectivity index (χ2n) is 5.23. The lowest BCUT2D eigenvalue weighted by molar-refractivity contribution is -0.137. The van der Waals surface area contributed by atoms with Crippen molar-refractivity contribution < 1.29 is 18.8 Å². The Morgan fingerprint density at radius 3 is 2.78 bits per heavy atom. The van der Waals surface area contributed by atoms with Crippen molar-refractivity contribution in [3.8, 4) is 0 Å². The first kappa shape index (κ1) is 16.9. The highest BCUT2D eigenvalue weighted by molar-refractivity contribution is 6.01. The van der Waals surface area contributed by atoms with Gasteiger partial charge in [-0.15, -0.1) is 0 Å². The van der Waals surface area contributed by atoms with Crippen LogP contribution in [0.3, 0.4) is 0 Å². The minimum absolute atomic E-state index is 0.206. The van der Waals surface area contributed by atoms with Gasteiger partial charge in [0.2, 0.25) is 17.7 Å². The lowest BCUT2D eigenvalue weighted by Gasteiger charge is -2.24. The number of carbonyl (C=O) groups excluding carboxylic acids is 3. The van der Waals surface area contributed by atoms with Crippen molar-refractivity contribution in [1.29, 1.82) is 0 Å². The standard InChI is InChI=1S/C15H19FN4O3/c1-19(14(22)9-18-13(21)8-17)12-6-7-20(15(12)23)11-5-3-2-4-10(11)16/h2-5,12H,6-9,17H2,1H3,(H,18,21). The number of anilines is 1. The highest BCUT2D eigenvalue weighted by Gasteiger charge is 2.37. The Bertz CT molecular complexity index is 622. The lowest BCUT2D eigenvalue weighted by Crippen LogP contribution is -2.47. The van der Waals surface area contributed by atoms with Crippen LogP contribution in [-0.4, -0.2) is 55.3 Å². The van der Waals surface area contributed by atoms with Crippen LogP contribution in [0.25, 0.3) is 0 Å². The molecule has 1 aromatic rings. The van der Waals surface area contributed by atoms with Gasteiger partial charge in [-0.25, -0.2) is 4.39 Å². The predicted octanol–water partition coefficient (Wildman–Crippen LogP) is -0.536. The van der Waals surface area contributed by atoms with E-state index in [2.05, 4.69) is 5.32 Å². The molecule has 1 atom stereocenters. The van der Waals surface area contributed by atoms with Crippen LogP contribution in [0.2, 0.25) is 0 Å². The third-order valence-electron chi connectivity index (χ3n) is 3.80. The number of para-hydroxylation sites is 1. The van der Waals surface area contributed by atoms with E-state index in [9.17, 15) is 18.8 Å². The van der Waals surface area contributed by atoms with Gasteiger partial charge in [0.05, 0.1) is 18.8 Å². The first-order chi connectivity index (χ1) is 11.0. The zero-order valence-electron chi connectivity index (χ0n) is 12.8. The topological polar surface area (TPSA) is 95.7 Å². The molecule has 0 saturated carbocycles. The summed E-state index contributed by atoms with van der Waals surface area (Å²) < 4.78 is 13.8. The van der Waals surface area contributed by atoms with Gasteiger partial charge < -0.3 is 20.9 Å². The van der Waals surface area contributed by atoms with E-state index in [0.717, 1.165) is 0 Å². The van der Waals surface area contributed by atoms with Crippen molar-refractivity contribution in [2.75, 3.05) is 31.6 Å². The highest BCUT2D eigenvalue weighted by atomic mass is 19.1. The molecule has 0 aromatic heterocycles. The van der Waals surface area contributed by atoms with Crippen molar-refractivity contribution >= 4 is 23.4 Å². The molecule has 1 fully saturated rings. The number of likely N-dealkylation sites (N-methyl/N-ethyl adjacent to an activating group) is 1. The molecule has 1 aromatic carbocycles. The molecule has 8 heteroatoms. The molecule has 3 amide bonds. The Labute approximate surface area is 133 Å². The number of nitrogens with one attached hydrogen (secondary N) is 1. The smallest absolute Gasteiger partial charge is 0.249 e. The minimum Gasteiger partial charge on any atom is -0.346 e. The van der Waals surface area contributed by atoms with Gasteiger partial charge in [0, 0.05) is 13.6 Å². The molecule has 1 aliphatic heterocycles. The maximum absolute atomic E-state index is 13.8. The third-order valence-corrected chi connectivity index (χ3v) is 3.80. The van der Waals surface area contributed by atoms with Crippen molar-refractivity contribution in [1.82, 2.24) is 10.2 Å². The van der Waals surface area contributed by atoms with Crippen molar-refractivity contribution in [3.05, 3.63) is 30.1 Å². The molecule has 0 aliphatic carbocycles. The Morgan fingerprint density at radius 2 is 2.13 bits per heavy atom. The number of hydrogen-bond donors (Lipinski definition) is 2. The molecular weight excluding hydrogens is 303 g/mol. The van der Waals surface area contributed by atoms with Gasteiger partial charge in [-0.05, 0) is 18.6 Å². The van der Waals surface area contributed by atoms with Crippen molar-refractivity contribution in [2.24, 2.45) is 5.73 Å². The number of nitrogens with zero attached hydrogens (tertiary/aromatic N) is 2. The van der Waals surface area contributed by atoms with Crippen LogP contribution in [0, 0.1) is 5.82 Å². The summed E-state index contributed by atoms with van der Waals surface area (Å²) in [4.78, 5) is 38.2. The molecule has 124 valence electrons. The van der Waals surface area contributed by atoms with Gasteiger partial charge in [0.25, 0.3) is 0 Å². The molecule has 1 heterocycles. The summed E-state index contributed by atoms with van der Waals surface area (Å²) >= 11 is 0. The predicted molar refractivity (Wildman–Crippen MR) is 82.0 cm³/mol. The van der Waals surface area contributed by atoms with E-state index < -0.39 is 23.7 Å². The largest absolute Gasteiger partial charge is 0.346 e. The fraction of sp³-hybridized carbons (Fsp3) is 0.400. The summed E-state index contributed by atoms with van der Waals surface area (Å²) in [5.74, 6) is -1.67. The molecule has 0 bridgehead atoms. The van der Waals surface area contributed by atoms with Gasteiger partial charge in [-0.1, -0.05) is 12.1 Å². The molecule has 3 N–H and O–H groups in total. The second-order valence-corrected chi connectivity index (χ2v) is 5.23. The van der Waals surface area contributed by atoms with E-state index in [4.69, 9.17) is 5.73 Å². The summed E-state index contributed by atoms with van der Waals surface area (Å²) in [6, 6.07) is 5.34. The zero-order valence-corrected chi connectivity index (χ0v) is 12.8. The molecule has 0 spiro atoms. The fourth-order valence-corrected chi connectivity index (χ4v) is 2.48. The van der Waals surface area contributed by atoms with E-state index >= 15 is 0 Å². The van der Waals surface area contributed by atoms with E-state index in [-0.39, 0.29) is 24.7 Å². The lowest BCUT2D eigenvalue weighted by atomic mass is 10.2. The number of hydrogen-bond acceptors (Lipinski definition) is 4. The number of rotatable bonds is 5. The molecule has 2 rings (SSSR count). The Kier molecular flexibility index (Phi) is 5.28. The Morgan fingerprint density at radius 1 is 1.43 bits per heavy atom. The van der Waals surface area contributed by atoms with Gasteiger partial charge in [0.15, 0.2) is 0 Å². The SMILES string of the molecule is CN(C(=O)CNC(=O)CN)C1CCN(c2ccccc2F)C1=O. The summed E-state index contributed by atoms with van der Waals surface area (Å²) in [6.45, 7) is -0.104. The Hall–Kier alpha value is -2.48. The van der Waals surface area contributed by atoms with E-state index in [1.165, 1.54) is 29.0 Å². The quantitative estimate of drug-likeness (QED) is 0.761. The summed E-state index contributed by atoms with van der Waals surface area (Å²) in [5, 5.41) is 2.36. The molecule has 7 nitrogen and oxygen atoms in total.